The first-order chi connectivity index (χ1) is 10.0. The fourth-order valence-electron chi connectivity index (χ4n) is 2.15. The number of para-hydroxylation sites is 1. The molecule has 0 saturated carbocycles. The van der Waals surface area contributed by atoms with E-state index in [1.54, 1.807) is 13.2 Å². The molecule has 5 nitrogen and oxygen atoms in total. The lowest BCUT2D eigenvalue weighted by molar-refractivity contribution is 0.363. The van der Waals surface area contributed by atoms with Gasteiger partial charge >= 0.3 is 0 Å². The van der Waals surface area contributed by atoms with E-state index in [2.05, 4.69) is 5.32 Å². The number of hydrogen-bond acceptors (Lipinski definition) is 5. The Labute approximate surface area is 123 Å². The van der Waals surface area contributed by atoms with Gasteiger partial charge < -0.3 is 25.4 Å². The van der Waals surface area contributed by atoms with Gasteiger partial charge in [0.05, 0.1) is 7.11 Å². The lowest BCUT2D eigenvalue weighted by Gasteiger charge is -2.18. The Morgan fingerprint density at radius 2 is 1.76 bits per heavy atom. The maximum absolute atomic E-state index is 9.79. The average molecular weight is 289 g/mol. The number of nitrogens with one attached hydrogen (secondary N) is 1. The predicted octanol–water partition coefficient (Wildman–Crippen LogP) is 2.66. The van der Waals surface area contributed by atoms with Crippen molar-refractivity contribution in [2.24, 2.45) is 0 Å². The highest BCUT2D eigenvalue weighted by molar-refractivity contribution is 5.53. The summed E-state index contributed by atoms with van der Waals surface area (Å²) in [4.78, 5) is 0. The minimum absolute atomic E-state index is 0.00324. The van der Waals surface area contributed by atoms with E-state index in [0.29, 0.717) is 12.1 Å². The van der Waals surface area contributed by atoms with Crippen molar-refractivity contribution in [2.75, 3.05) is 7.11 Å². The number of rotatable bonds is 5. The lowest BCUT2D eigenvalue weighted by Crippen LogP contribution is -2.18. The summed E-state index contributed by atoms with van der Waals surface area (Å²) in [5.74, 6) is -0.363. The van der Waals surface area contributed by atoms with Crippen molar-refractivity contribution in [1.82, 2.24) is 5.32 Å². The fraction of sp³-hybridized carbons (Fsp3) is 0.250. The number of aromatic hydroxyl groups is 3. The van der Waals surface area contributed by atoms with E-state index in [0.717, 1.165) is 11.3 Å². The maximum Gasteiger partial charge on any atom is 0.200 e. The van der Waals surface area contributed by atoms with Crippen molar-refractivity contribution >= 4 is 0 Å². The van der Waals surface area contributed by atoms with Crippen LogP contribution in [0.4, 0.5) is 0 Å². The second-order valence-corrected chi connectivity index (χ2v) is 4.79. The van der Waals surface area contributed by atoms with Gasteiger partial charge in [0.1, 0.15) is 5.75 Å². The van der Waals surface area contributed by atoms with E-state index < -0.39 is 5.75 Å². The number of phenolic OH excluding ortho intramolecular Hbond substituents is 3. The molecule has 0 spiro atoms. The summed E-state index contributed by atoms with van der Waals surface area (Å²) in [5, 5.41) is 31.8. The van der Waals surface area contributed by atoms with E-state index in [1.807, 2.05) is 31.2 Å². The Morgan fingerprint density at radius 1 is 1.05 bits per heavy atom. The molecule has 1 unspecified atom stereocenters. The molecule has 2 rings (SSSR count). The summed E-state index contributed by atoms with van der Waals surface area (Å²) in [7, 11) is 1.62. The van der Waals surface area contributed by atoms with Gasteiger partial charge in [-0.05, 0) is 19.1 Å². The number of phenols is 3. The molecule has 0 aromatic heterocycles. The molecule has 0 aliphatic heterocycles. The summed E-state index contributed by atoms with van der Waals surface area (Å²) in [6, 6.07) is 10.6. The Kier molecular flexibility index (Phi) is 4.55. The van der Waals surface area contributed by atoms with Crippen molar-refractivity contribution in [2.45, 2.75) is 19.5 Å². The molecule has 5 heteroatoms. The number of benzene rings is 2. The van der Waals surface area contributed by atoms with Crippen LogP contribution < -0.4 is 10.1 Å². The molecule has 0 bridgehead atoms. The summed E-state index contributed by atoms with van der Waals surface area (Å²) < 4.78 is 5.31. The molecular formula is C16H19NO4. The molecule has 0 heterocycles. The first-order valence-corrected chi connectivity index (χ1v) is 6.63. The second kappa shape index (κ2) is 6.37. The third-order valence-corrected chi connectivity index (χ3v) is 3.42. The van der Waals surface area contributed by atoms with Gasteiger partial charge in [-0.3, -0.25) is 0 Å². The molecule has 0 amide bonds. The average Bonchev–Trinajstić information content (AvgIpc) is 2.51. The fourth-order valence-corrected chi connectivity index (χ4v) is 2.15. The molecule has 0 saturated heterocycles. The smallest absolute Gasteiger partial charge is 0.200 e. The minimum Gasteiger partial charge on any atom is -0.504 e. The van der Waals surface area contributed by atoms with Crippen LogP contribution in [0.15, 0.2) is 36.4 Å². The third-order valence-electron chi connectivity index (χ3n) is 3.42. The van der Waals surface area contributed by atoms with Gasteiger partial charge in [0.2, 0.25) is 5.75 Å². The summed E-state index contributed by atoms with van der Waals surface area (Å²) in [5.41, 5.74) is 1.51. The van der Waals surface area contributed by atoms with Crippen molar-refractivity contribution in [3.63, 3.8) is 0 Å². The number of methoxy groups -OCH3 is 1. The monoisotopic (exact) mass is 289 g/mol. The van der Waals surface area contributed by atoms with Crippen LogP contribution >= 0.6 is 0 Å². The van der Waals surface area contributed by atoms with Crippen LogP contribution in [0.5, 0.6) is 23.0 Å². The van der Waals surface area contributed by atoms with Gasteiger partial charge in [-0.15, -0.1) is 0 Å². The van der Waals surface area contributed by atoms with Crippen LogP contribution in [0.3, 0.4) is 0 Å². The normalized spacial score (nSPS) is 12.1. The Bertz CT molecular complexity index is 628. The molecule has 4 N–H and O–H groups in total. The Balaban J connectivity index is 2.11. The van der Waals surface area contributed by atoms with Gasteiger partial charge in [-0.2, -0.15) is 0 Å². The van der Waals surface area contributed by atoms with Crippen LogP contribution in [0.1, 0.15) is 24.1 Å². The first-order valence-electron chi connectivity index (χ1n) is 6.63. The SMILES string of the molecule is COc1ccccc1C(C)NCc1ccc(O)c(O)c1O. The number of hydrogen-bond donors (Lipinski definition) is 4. The van der Waals surface area contributed by atoms with Gasteiger partial charge in [-0.25, -0.2) is 0 Å². The molecule has 0 fully saturated rings. The minimum atomic E-state index is -0.501. The molecule has 0 aliphatic carbocycles. The number of ether oxygens (including phenoxy) is 1. The lowest BCUT2D eigenvalue weighted by atomic mass is 10.1. The zero-order chi connectivity index (χ0) is 15.4. The van der Waals surface area contributed by atoms with E-state index in [4.69, 9.17) is 4.74 Å². The molecule has 2 aromatic carbocycles. The Morgan fingerprint density at radius 3 is 2.48 bits per heavy atom. The molecule has 1 atom stereocenters. The highest BCUT2D eigenvalue weighted by Gasteiger charge is 2.14. The first kappa shape index (κ1) is 15.0. The Hall–Kier alpha value is -2.40. The molecule has 2 aromatic rings. The van der Waals surface area contributed by atoms with Crippen LogP contribution in [-0.4, -0.2) is 22.4 Å². The predicted molar refractivity (Wildman–Crippen MR) is 79.7 cm³/mol. The van der Waals surface area contributed by atoms with Crippen LogP contribution in [0, 0.1) is 0 Å². The zero-order valence-electron chi connectivity index (χ0n) is 12.0. The highest BCUT2D eigenvalue weighted by Crippen LogP contribution is 2.37. The molecule has 0 aliphatic rings. The van der Waals surface area contributed by atoms with Gasteiger partial charge in [0.25, 0.3) is 0 Å². The van der Waals surface area contributed by atoms with Crippen LogP contribution in [0.25, 0.3) is 0 Å². The largest absolute Gasteiger partial charge is 0.504 e. The second-order valence-electron chi connectivity index (χ2n) is 4.79. The topological polar surface area (TPSA) is 82.0 Å². The van der Waals surface area contributed by atoms with E-state index in [-0.39, 0.29) is 17.5 Å². The molecule has 112 valence electrons. The van der Waals surface area contributed by atoms with Gasteiger partial charge in [-0.1, -0.05) is 24.3 Å². The molecule has 0 radical (unpaired) electrons. The van der Waals surface area contributed by atoms with E-state index >= 15 is 0 Å². The summed E-state index contributed by atoms with van der Waals surface area (Å²) >= 11 is 0. The summed E-state index contributed by atoms with van der Waals surface area (Å²) in [6.07, 6.45) is 0. The maximum atomic E-state index is 9.79. The van der Waals surface area contributed by atoms with Gasteiger partial charge in [0.15, 0.2) is 11.5 Å². The standard InChI is InChI=1S/C16H19NO4/c1-10(12-5-3-4-6-14(12)21-2)17-9-11-7-8-13(18)16(20)15(11)19/h3-8,10,17-20H,9H2,1-2H3. The zero-order valence-corrected chi connectivity index (χ0v) is 12.0. The van der Waals surface area contributed by atoms with Crippen LogP contribution in [-0.2, 0) is 6.54 Å². The summed E-state index contributed by atoms with van der Waals surface area (Å²) in [6.45, 7) is 2.33. The molecule has 21 heavy (non-hydrogen) atoms. The van der Waals surface area contributed by atoms with Crippen LogP contribution in [0.2, 0.25) is 0 Å². The van der Waals surface area contributed by atoms with Gasteiger partial charge in [0, 0.05) is 23.7 Å². The third kappa shape index (κ3) is 3.20. The highest BCUT2D eigenvalue weighted by atomic mass is 16.5. The van der Waals surface area contributed by atoms with Crippen molar-refractivity contribution in [3.05, 3.63) is 47.5 Å². The quantitative estimate of drug-likeness (QED) is 0.636. The van der Waals surface area contributed by atoms with E-state index in [9.17, 15) is 15.3 Å². The van der Waals surface area contributed by atoms with E-state index in [1.165, 1.54) is 6.07 Å². The van der Waals surface area contributed by atoms with Crippen molar-refractivity contribution < 1.29 is 20.1 Å². The van der Waals surface area contributed by atoms with Crippen molar-refractivity contribution in [1.29, 1.82) is 0 Å². The van der Waals surface area contributed by atoms with Crippen molar-refractivity contribution in [3.8, 4) is 23.0 Å². The molecular weight excluding hydrogens is 270 g/mol.